The van der Waals surface area contributed by atoms with E-state index in [0.717, 1.165) is 32.2 Å². The molecule has 3 nitrogen and oxygen atoms in total. The third kappa shape index (κ3) is 2.73. The predicted molar refractivity (Wildman–Crippen MR) is 48.2 cm³/mol. The number of hydrogen-bond donors (Lipinski definition) is 2. The van der Waals surface area contributed by atoms with E-state index in [2.05, 4.69) is 10.6 Å². The highest BCUT2D eigenvalue weighted by Crippen LogP contribution is 2.27. The van der Waals surface area contributed by atoms with Crippen LogP contribution < -0.4 is 10.6 Å². The van der Waals surface area contributed by atoms with E-state index in [1.807, 2.05) is 0 Å². The highest BCUT2D eigenvalue weighted by atomic mass is 16.5. The Balaban J connectivity index is 1.52. The molecule has 1 saturated carbocycles. The van der Waals surface area contributed by atoms with E-state index in [9.17, 15) is 0 Å². The fraction of sp³-hybridized carbons (Fsp3) is 1.00. The molecule has 0 radical (unpaired) electrons. The van der Waals surface area contributed by atoms with E-state index in [4.69, 9.17) is 4.74 Å². The zero-order valence-corrected chi connectivity index (χ0v) is 7.51. The van der Waals surface area contributed by atoms with Gasteiger partial charge in [-0.3, -0.25) is 0 Å². The maximum absolute atomic E-state index is 5.35. The summed E-state index contributed by atoms with van der Waals surface area (Å²) in [6.07, 6.45) is 2.86. The monoisotopic (exact) mass is 170 g/mol. The Morgan fingerprint density at radius 3 is 2.92 bits per heavy atom. The van der Waals surface area contributed by atoms with Gasteiger partial charge < -0.3 is 15.4 Å². The minimum atomic E-state index is 0.539. The van der Waals surface area contributed by atoms with Gasteiger partial charge in [0.25, 0.3) is 0 Å². The Kier molecular flexibility index (Phi) is 2.98. The highest BCUT2D eigenvalue weighted by Gasteiger charge is 2.21. The normalized spacial score (nSPS) is 30.5. The van der Waals surface area contributed by atoms with Crippen molar-refractivity contribution in [1.82, 2.24) is 10.6 Å². The Morgan fingerprint density at radius 2 is 2.25 bits per heavy atom. The SMILES string of the molecule is C1COCC(CNCC2CC2)N1. The first-order chi connectivity index (χ1) is 5.95. The van der Waals surface area contributed by atoms with Gasteiger partial charge in [0.1, 0.15) is 0 Å². The van der Waals surface area contributed by atoms with Gasteiger partial charge in [-0.2, -0.15) is 0 Å². The summed E-state index contributed by atoms with van der Waals surface area (Å²) in [6, 6.07) is 0.539. The standard InChI is InChI=1S/C9H18N2O/c1-2-8(1)5-10-6-9-7-12-4-3-11-9/h8-11H,1-7H2. The number of ether oxygens (including phenoxy) is 1. The predicted octanol–water partition coefficient (Wildman–Crippen LogP) is -0.0256. The van der Waals surface area contributed by atoms with Crippen molar-refractivity contribution in [3.63, 3.8) is 0 Å². The van der Waals surface area contributed by atoms with E-state index in [1.165, 1.54) is 19.4 Å². The lowest BCUT2D eigenvalue weighted by molar-refractivity contribution is 0.0767. The van der Waals surface area contributed by atoms with Crippen LogP contribution in [-0.2, 0) is 4.74 Å². The third-order valence-electron chi connectivity index (χ3n) is 2.52. The van der Waals surface area contributed by atoms with Crippen LogP contribution in [-0.4, -0.2) is 38.9 Å². The van der Waals surface area contributed by atoms with Gasteiger partial charge in [-0.15, -0.1) is 0 Å². The van der Waals surface area contributed by atoms with E-state index < -0.39 is 0 Å². The van der Waals surface area contributed by atoms with Crippen molar-refractivity contribution in [2.45, 2.75) is 18.9 Å². The molecule has 2 N–H and O–H groups in total. The summed E-state index contributed by atoms with van der Waals surface area (Å²) >= 11 is 0. The molecule has 2 aliphatic rings. The number of nitrogens with one attached hydrogen (secondary N) is 2. The summed E-state index contributed by atoms with van der Waals surface area (Å²) in [6.45, 7) is 5.03. The molecule has 1 heterocycles. The summed E-state index contributed by atoms with van der Waals surface area (Å²) < 4.78 is 5.35. The van der Waals surface area contributed by atoms with Crippen LogP contribution in [0.25, 0.3) is 0 Å². The maximum Gasteiger partial charge on any atom is 0.0632 e. The van der Waals surface area contributed by atoms with Crippen LogP contribution in [0.3, 0.4) is 0 Å². The van der Waals surface area contributed by atoms with Crippen molar-refractivity contribution < 1.29 is 4.74 Å². The first-order valence-electron chi connectivity index (χ1n) is 4.97. The van der Waals surface area contributed by atoms with Crippen LogP contribution in [0.1, 0.15) is 12.8 Å². The summed E-state index contributed by atoms with van der Waals surface area (Å²) in [4.78, 5) is 0. The first kappa shape index (κ1) is 8.48. The van der Waals surface area contributed by atoms with Crippen LogP contribution in [0.5, 0.6) is 0 Å². The van der Waals surface area contributed by atoms with Crippen LogP contribution >= 0.6 is 0 Å². The second kappa shape index (κ2) is 4.21. The van der Waals surface area contributed by atoms with Gasteiger partial charge in [0.05, 0.1) is 13.2 Å². The summed E-state index contributed by atoms with van der Waals surface area (Å²) in [7, 11) is 0. The van der Waals surface area contributed by atoms with E-state index in [0.29, 0.717) is 6.04 Å². The molecule has 0 amide bonds. The second-order valence-electron chi connectivity index (χ2n) is 3.83. The average Bonchev–Trinajstić information content (AvgIpc) is 2.90. The Bertz CT molecular complexity index is 130. The van der Waals surface area contributed by atoms with Crippen LogP contribution in [0.2, 0.25) is 0 Å². The molecule has 3 heteroatoms. The largest absolute Gasteiger partial charge is 0.378 e. The molecular weight excluding hydrogens is 152 g/mol. The van der Waals surface area contributed by atoms with Crippen LogP contribution in [0.4, 0.5) is 0 Å². The van der Waals surface area contributed by atoms with Crippen molar-refractivity contribution in [2.24, 2.45) is 5.92 Å². The van der Waals surface area contributed by atoms with Gasteiger partial charge in [-0.1, -0.05) is 0 Å². The van der Waals surface area contributed by atoms with Crippen molar-refractivity contribution in [1.29, 1.82) is 0 Å². The minimum Gasteiger partial charge on any atom is -0.378 e. The van der Waals surface area contributed by atoms with Crippen molar-refractivity contribution in [3.05, 3.63) is 0 Å². The Labute approximate surface area is 73.9 Å². The number of hydrogen-bond acceptors (Lipinski definition) is 3. The summed E-state index contributed by atoms with van der Waals surface area (Å²) in [5.74, 6) is 0.981. The third-order valence-corrected chi connectivity index (χ3v) is 2.52. The molecular formula is C9H18N2O. The summed E-state index contributed by atoms with van der Waals surface area (Å²) in [5.41, 5.74) is 0. The molecule has 1 aliphatic heterocycles. The second-order valence-corrected chi connectivity index (χ2v) is 3.83. The molecule has 0 aromatic rings. The zero-order valence-electron chi connectivity index (χ0n) is 7.51. The lowest BCUT2D eigenvalue weighted by Crippen LogP contribution is -2.47. The van der Waals surface area contributed by atoms with Gasteiger partial charge in [-0.05, 0) is 25.3 Å². The van der Waals surface area contributed by atoms with Gasteiger partial charge >= 0.3 is 0 Å². The average molecular weight is 170 g/mol. The molecule has 1 aliphatic carbocycles. The fourth-order valence-corrected chi connectivity index (χ4v) is 1.53. The molecule has 0 bridgehead atoms. The van der Waals surface area contributed by atoms with Crippen LogP contribution in [0.15, 0.2) is 0 Å². The Hall–Kier alpha value is -0.120. The zero-order chi connectivity index (χ0) is 8.23. The highest BCUT2D eigenvalue weighted by molar-refractivity contribution is 4.78. The van der Waals surface area contributed by atoms with Gasteiger partial charge in [0.2, 0.25) is 0 Å². The van der Waals surface area contributed by atoms with Gasteiger partial charge in [-0.25, -0.2) is 0 Å². The van der Waals surface area contributed by atoms with E-state index in [1.54, 1.807) is 0 Å². The van der Waals surface area contributed by atoms with Gasteiger partial charge in [0, 0.05) is 19.1 Å². The van der Waals surface area contributed by atoms with Crippen molar-refractivity contribution in [3.8, 4) is 0 Å². The molecule has 0 aromatic heterocycles. The first-order valence-corrected chi connectivity index (χ1v) is 4.97. The van der Waals surface area contributed by atoms with E-state index >= 15 is 0 Å². The molecule has 2 rings (SSSR count). The fourth-order valence-electron chi connectivity index (χ4n) is 1.53. The van der Waals surface area contributed by atoms with Crippen molar-refractivity contribution in [2.75, 3.05) is 32.8 Å². The minimum absolute atomic E-state index is 0.539. The van der Waals surface area contributed by atoms with Crippen LogP contribution in [0, 0.1) is 5.92 Å². The molecule has 70 valence electrons. The molecule has 1 atom stereocenters. The molecule has 1 unspecified atom stereocenters. The molecule has 12 heavy (non-hydrogen) atoms. The smallest absolute Gasteiger partial charge is 0.0632 e. The number of rotatable bonds is 4. The lowest BCUT2D eigenvalue weighted by Gasteiger charge is -2.23. The lowest BCUT2D eigenvalue weighted by atomic mass is 10.2. The molecule has 0 aromatic carbocycles. The van der Waals surface area contributed by atoms with Crippen molar-refractivity contribution >= 4 is 0 Å². The molecule has 2 fully saturated rings. The molecule has 0 spiro atoms. The summed E-state index contributed by atoms with van der Waals surface area (Å²) in [5, 5.41) is 6.90. The van der Waals surface area contributed by atoms with E-state index in [-0.39, 0.29) is 0 Å². The Morgan fingerprint density at radius 1 is 1.33 bits per heavy atom. The van der Waals surface area contributed by atoms with Gasteiger partial charge in [0.15, 0.2) is 0 Å². The maximum atomic E-state index is 5.35. The topological polar surface area (TPSA) is 33.3 Å². The number of morpholine rings is 1. The molecule has 1 saturated heterocycles. The quantitative estimate of drug-likeness (QED) is 0.622.